The maximum Gasteiger partial charge on any atom is 0.127 e. The molecular weight excluding hydrogens is 1030 g/mol. The second kappa shape index (κ2) is 20.5. The Bertz CT molecular complexity index is 5550. The van der Waals surface area contributed by atoms with Crippen LogP contribution in [0.3, 0.4) is 0 Å². The summed E-state index contributed by atoms with van der Waals surface area (Å²) in [5.41, 5.74) is -8.33. The molecule has 0 N–H and O–H groups in total. The molecule has 0 saturated heterocycles. The summed E-state index contributed by atoms with van der Waals surface area (Å²) in [7, 11) is 226. The molecule has 13 aromatic rings. The molecule has 0 aliphatic carbocycles. The van der Waals surface area contributed by atoms with Crippen LogP contribution in [0.2, 0.25) is 0 Å². The minimum atomic E-state index is -0.394. The highest BCUT2D eigenvalue weighted by molar-refractivity contribution is 6.80. The van der Waals surface area contributed by atoms with Gasteiger partial charge in [-0.15, -0.1) is 38.2 Å². The second-order valence-electron chi connectivity index (χ2n) is 22.2. The van der Waals surface area contributed by atoms with Gasteiger partial charge in [-0.05, 0) is 109 Å². The molecule has 0 bridgehead atoms. The molecule has 64 radical (unpaired) electrons. The lowest BCUT2D eigenvalue weighted by atomic mass is 9.54. The van der Waals surface area contributed by atoms with E-state index in [1.54, 1.807) is 0 Å². The summed E-state index contributed by atoms with van der Waals surface area (Å²) < 4.78 is 6.35. The van der Waals surface area contributed by atoms with Gasteiger partial charge in [-0.3, -0.25) is 0 Å². The number of rotatable bonds is 4. The standard InChI is InChI=1S/C56B32O/c57-23-6(10-7-1-3-14(32(66)26(7)60)38(72)46(80)40(74)16(3)36(70)34(68)12(1)30(64)28(10)62)5(18-42(76)48(82)51(85)49(83)43(18)77)9(20-25(59)21-22-45(79)50(84)52(86)54(88)56(22)89-55(21)53(87)44(20)78)24(58)19(23)11-8-2-4-15(33(67)27(8)61)39(73)47(81)41(75)17(4)37(71)35(69)13(2)31(65)29(11)63. The summed E-state index contributed by atoms with van der Waals surface area (Å²) in [5, 5.41) is 1.23. The van der Waals surface area contributed by atoms with Crippen molar-refractivity contribution in [3.05, 3.63) is 0 Å². The first-order valence-corrected chi connectivity index (χ1v) is 26.4. The molecule has 0 saturated carbocycles. The van der Waals surface area contributed by atoms with Crippen LogP contribution in [0.5, 0.6) is 0 Å². The van der Waals surface area contributed by atoms with Crippen molar-refractivity contribution in [1.82, 2.24) is 0 Å². The largest absolute Gasteiger partial charge is 0.457 e. The number of hydrogen-bond donors (Lipinski definition) is 0. The van der Waals surface area contributed by atoms with Crippen molar-refractivity contribution in [3.8, 4) is 44.5 Å². The highest BCUT2D eigenvalue weighted by atomic mass is 16.3. The molecule has 89 heavy (non-hydrogen) atoms. The maximum absolute atomic E-state index is 8.02. The summed E-state index contributed by atoms with van der Waals surface area (Å²) in [6.07, 6.45) is 0. The van der Waals surface area contributed by atoms with Crippen molar-refractivity contribution in [2.45, 2.75) is 0 Å². The zero-order valence-corrected chi connectivity index (χ0v) is 46.9. The van der Waals surface area contributed by atoms with E-state index in [9.17, 15) is 0 Å². The lowest BCUT2D eigenvalue weighted by Crippen LogP contribution is -2.55. The molecule has 33 heteroatoms. The Morgan fingerprint density at radius 2 is 0.281 bits per heavy atom. The van der Waals surface area contributed by atoms with Crippen LogP contribution in [0.25, 0.3) is 131 Å². The van der Waals surface area contributed by atoms with Gasteiger partial charge in [-0.2, -0.15) is 0 Å². The van der Waals surface area contributed by atoms with Gasteiger partial charge in [0.15, 0.2) is 0 Å². The fourth-order valence-corrected chi connectivity index (χ4v) is 13.6. The van der Waals surface area contributed by atoms with Crippen molar-refractivity contribution < 1.29 is 4.42 Å². The molecule has 0 aliphatic rings. The van der Waals surface area contributed by atoms with Crippen LogP contribution >= 0.6 is 0 Å². The van der Waals surface area contributed by atoms with Crippen LogP contribution in [-0.4, -0.2) is 251 Å². The highest BCUT2D eigenvalue weighted by Crippen LogP contribution is 2.43. The van der Waals surface area contributed by atoms with E-state index < -0.39 is 5.46 Å². The van der Waals surface area contributed by atoms with Gasteiger partial charge in [0.25, 0.3) is 0 Å². The summed E-state index contributed by atoms with van der Waals surface area (Å²) in [6, 6.07) is 0. The third-order valence-electron chi connectivity index (χ3n) is 18.1. The SMILES string of the molecule is [B]c1c([B])c([B])c(-c2c(-c3c([B])c([B])c4oc5c([B])c([B])c([B])c([B])c5c4c3[B])c([B])c(-c3c([B])c([B])c4c([B])c([B])c5c([B])c([B])c([B])c6c([B])c([B])c3c4c56)c([B])c2-c2c([B])c([B])c3c([B])c([B])c4c([B])c([B])c([B])c5c([B])c([B])c2c3c45)c([B])c1[B]. The average Bonchev–Trinajstić information content (AvgIpc) is 1.11. The van der Waals surface area contributed by atoms with Crippen LogP contribution in [0.4, 0.5) is 0 Å². The van der Waals surface area contributed by atoms with Crippen molar-refractivity contribution in [3.63, 3.8) is 0 Å². The number of furan rings is 1. The molecule has 1 aromatic heterocycles. The lowest BCUT2D eigenvalue weighted by Gasteiger charge is -2.36. The molecule has 0 amide bonds. The molecule has 0 atom stereocenters. The quantitative estimate of drug-likeness (QED) is 0.126. The van der Waals surface area contributed by atoms with E-state index in [0.29, 0.717) is 0 Å². The first-order chi connectivity index (χ1) is 41.6. The smallest absolute Gasteiger partial charge is 0.127 e. The molecular formula is C56B32O. The Morgan fingerprint density at radius 1 is 0.101 bits per heavy atom. The monoisotopic (exact) mass is 1040 g/mol. The van der Waals surface area contributed by atoms with E-state index in [1.165, 1.54) is 0 Å². The van der Waals surface area contributed by atoms with Crippen LogP contribution in [0.1, 0.15) is 0 Å². The van der Waals surface area contributed by atoms with Crippen LogP contribution in [0, 0.1) is 0 Å². The minimum Gasteiger partial charge on any atom is -0.457 e. The third-order valence-corrected chi connectivity index (χ3v) is 18.1. The minimum absolute atomic E-state index is 0.00788. The number of fused-ring (bicyclic) bond motifs is 3. The normalized spacial score (nSPS) is 12.1. The molecule has 0 spiro atoms. The van der Waals surface area contributed by atoms with Gasteiger partial charge in [0.1, 0.15) is 262 Å². The van der Waals surface area contributed by atoms with Gasteiger partial charge >= 0.3 is 0 Å². The van der Waals surface area contributed by atoms with E-state index in [2.05, 4.69) is 0 Å². The topological polar surface area (TPSA) is 13.1 Å². The van der Waals surface area contributed by atoms with E-state index in [1.807, 2.05) is 0 Å². The highest BCUT2D eigenvalue weighted by Gasteiger charge is 2.35. The molecule has 0 unspecified atom stereocenters. The Balaban J connectivity index is 1.42. The van der Waals surface area contributed by atoms with E-state index in [4.69, 9.17) is 255 Å². The molecule has 1 heterocycles. The Hall–Kier alpha value is -5.40. The van der Waals surface area contributed by atoms with Crippen LogP contribution in [-0.2, 0) is 0 Å². The van der Waals surface area contributed by atoms with Gasteiger partial charge in [0, 0.05) is 10.8 Å². The van der Waals surface area contributed by atoms with Crippen molar-refractivity contribution in [2.75, 3.05) is 0 Å². The molecule has 13 rings (SSSR count). The third kappa shape index (κ3) is 7.55. The number of benzene rings is 12. The summed E-state index contributed by atoms with van der Waals surface area (Å²) in [4.78, 5) is 0. The van der Waals surface area contributed by atoms with Gasteiger partial charge in [-0.1, -0.05) is 137 Å². The Kier molecular flexibility index (Phi) is 14.4. The van der Waals surface area contributed by atoms with Crippen molar-refractivity contribution in [1.29, 1.82) is 0 Å². The van der Waals surface area contributed by atoms with Crippen molar-refractivity contribution in [2.24, 2.45) is 0 Å². The molecule has 12 aromatic carbocycles. The van der Waals surface area contributed by atoms with E-state index in [-0.39, 0.29) is 300 Å². The first kappa shape index (κ1) is 62.4. The fraction of sp³-hybridized carbons (Fsp3) is 0. The Labute approximate surface area is 557 Å². The van der Waals surface area contributed by atoms with E-state index >= 15 is 0 Å². The predicted octanol–water partition coefficient (Wildman–Crippen LogP) is -22.5. The summed E-state index contributed by atoms with van der Waals surface area (Å²) >= 11 is 0. The summed E-state index contributed by atoms with van der Waals surface area (Å²) in [6.45, 7) is 0. The molecule has 326 valence electrons. The zero-order valence-electron chi connectivity index (χ0n) is 46.9. The zero-order chi connectivity index (χ0) is 65.0. The maximum atomic E-state index is 8.02. The molecule has 0 fully saturated rings. The Morgan fingerprint density at radius 3 is 0.652 bits per heavy atom. The van der Waals surface area contributed by atoms with Crippen LogP contribution < -0.4 is 175 Å². The first-order valence-electron chi connectivity index (χ1n) is 26.4. The number of hydrogen-bond acceptors (Lipinski definition) is 1. The fourth-order valence-electron chi connectivity index (χ4n) is 13.6. The van der Waals surface area contributed by atoms with Crippen LogP contribution in [0.15, 0.2) is 4.42 Å². The average molecular weight is 1030 g/mol. The molecule has 1 nitrogen and oxygen atoms in total. The van der Waals surface area contributed by atoms with Gasteiger partial charge in [0.2, 0.25) is 0 Å². The second-order valence-corrected chi connectivity index (χ2v) is 22.2. The van der Waals surface area contributed by atoms with Gasteiger partial charge < -0.3 is 4.42 Å². The lowest BCUT2D eigenvalue weighted by molar-refractivity contribution is 0.675. The summed E-state index contributed by atoms with van der Waals surface area (Å²) in [5.74, 6) is 0. The van der Waals surface area contributed by atoms with Gasteiger partial charge in [0.05, 0.1) is 0 Å². The molecule has 0 aliphatic heterocycles. The predicted molar refractivity (Wildman–Crippen MR) is 415 cm³/mol. The van der Waals surface area contributed by atoms with E-state index in [0.717, 1.165) is 0 Å². The van der Waals surface area contributed by atoms with Gasteiger partial charge in [-0.25, -0.2) is 0 Å². The van der Waals surface area contributed by atoms with Crippen molar-refractivity contribution >= 4 is 512 Å².